The number of esters is 1. The van der Waals surface area contributed by atoms with Crippen molar-refractivity contribution < 1.29 is 17.9 Å². The van der Waals surface area contributed by atoms with Crippen LogP contribution in [0.25, 0.3) is 0 Å². The van der Waals surface area contributed by atoms with Crippen LogP contribution < -0.4 is 10.5 Å². The summed E-state index contributed by atoms with van der Waals surface area (Å²) in [6.45, 7) is 1.95. The van der Waals surface area contributed by atoms with Crippen LogP contribution in [0.5, 0.6) is 0 Å². The first-order chi connectivity index (χ1) is 8.86. The number of sulfonamides is 1. The van der Waals surface area contributed by atoms with Crippen molar-refractivity contribution in [2.75, 3.05) is 13.7 Å². The van der Waals surface area contributed by atoms with E-state index >= 15 is 0 Å². The summed E-state index contributed by atoms with van der Waals surface area (Å²) < 4.78 is 30.6. The van der Waals surface area contributed by atoms with Gasteiger partial charge in [0.1, 0.15) is 6.04 Å². The number of ether oxygens (including phenoxy) is 1. The van der Waals surface area contributed by atoms with Crippen LogP contribution in [0.15, 0.2) is 29.2 Å². The lowest BCUT2D eigenvalue weighted by Crippen LogP contribution is -2.36. The van der Waals surface area contributed by atoms with Crippen LogP contribution in [0.4, 0.5) is 0 Å². The molecule has 1 aromatic carbocycles. The Morgan fingerprint density at radius 3 is 2.47 bits per heavy atom. The van der Waals surface area contributed by atoms with Gasteiger partial charge in [0.2, 0.25) is 10.0 Å². The van der Waals surface area contributed by atoms with Crippen LogP contribution in [0, 0.1) is 6.92 Å². The van der Waals surface area contributed by atoms with E-state index in [0.717, 1.165) is 5.56 Å². The molecule has 0 aromatic heterocycles. The standard InChI is InChI=1S/C12H18N2O4S/c1-9-3-5-10(6-4-9)19(16,17)14-8-7-11(13)12(15)18-2/h3-6,11,14H,7-8,13H2,1-2H3/t11-/m1/s1. The Morgan fingerprint density at radius 1 is 1.37 bits per heavy atom. The van der Waals surface area contributed by atoms with Crippen LogP contribution in [0.3, 0.4) is 0 Å². The number of nitrogens with two attached hydrogens (primary N) is 1. The van der Waals surface area contributed by atoms with Crippen LogP contribution in [0.1, 0.15) is 12.0 Å². The van der Waals surface area contributed by atoms with E-state index in [-0.39, 0.29) is 17.9 Å². The predicted molar refractivity (Wildman–Crippen MR) is 71.0 cm³/mol. The average molecular weight is 286 g/mol. The van der Waals surface area contributed by atoms with Gasteiger partial charge in [-0.15, -0.1) is 0 Å². The normalized spacial score (nSPS) is 13.0. The molecule has 1 atom stereocenters. The van der Waals surface area contributed by atoms with Gasteiger partial charge in [-0.1, -0.05) is 17.7 Å². The molecule has 0 radical (unpaired) electrons. The van der Waals surface area contributed by atoms with Crippen molar-refractivity contribution in [3.8, 4) is 0 Å². The number of benzene rings is 1. The smallest absolute Gasteiger partial charge is 0.322 e. The molecule has 1 aromatic rings. The third-order valence-corrected chi connectivity index (χ3v) is 4.06. The fourth-order valence-electron chi connectivity index (χ4n) is 1.42. The van der Waals surface area contributed by atoms with Gasteiger partial charge in [-0.2, -0.15) is 0 Å². The summed E-state index contributed by atoms with van der Waals surface area (Å²) in [7, 11) is -2.33. The lowest BCUT2D eigenvalue weighted by Gasteiger charge is -2.10. The minimum Gasteiger partial charge on any atom is -0.468 e. The number of hydrogen-bond donors (Lipinski definition) is 2. The summed E-state index contributed by atoms with van der Waals surface area (Å²) in [6.07, 6.45) is 0.178. The monoisotopic (exact) mass is 286 g/mol. The molecule has 7 heteroatoms. The second-order valence-corrected chi connectivity index (χ2v) is 5.90. The summed E-state index contributed by atoms with van der Waals surface area (Å²) in [6, 6.07) is 5.66. The molecule has 6 nitrogen and oxygen atoms in total. The van der Waals surface area contributed by atoms with Crippen molar-refractivity contribution in [2.45, 2.75) is 24.3 Å². The molecule has 0 aliphatic rings. The highest BCUT2D eigenvalue weighted by Crippen LogP contribution is 2.09. The van der Waals surface area contributed by atoms with E-state index in [1.165, 1.54) is 19.2 Å². The van der Waals surface area contributed by atoms with Crippen LogP contribution in [-0.2, 0) is 19.6 Å². The molecule has 0 saturated carbocycles. The zero-order valence-corrected chi connectivity index (χ0v) is 11.7. The molecule has 1 rings (SSSR count). The van der Waals surface area contributed by atoms with Crippen LogP contribution >= 0.6 is 0 Å². The second-order valence-electron chi connectivity index (χ2n) is 4.13. The maximum atomic E-state index is 11.9. The molecule has 0 aliphatic heterocycles. The van der Waals surface area contributed by atoms with E-state index in [0.29, 0.717) is 0 Å². The van der Waals surface area contributed by atoms with Crippen molar-refractivity contribution in [1.29, 1.82) is 0 Å². The van der Waals surface area contributed by atoms with Gasteiger partial charge in [0, 0.05) is 6.54 Å². The van der Waals surface area contributed by atoms with E-state index < -0.39 is 22.0 Å². The first kappa shape index (κ1) is 15.6. The molecule has 106 valence electrons. The highest BCUT2D eigenvalue weighted by atomic mass is 32.2. The summed E-state index contributed by atoms with van der Waals surface area (Å²) in [5, 5.41) is 0. The quantitative estimate of drug-likeness (QED) is 0.726. The number of carbonyl (C=O) groups excluding carboxylic acids is 1. The molecule has 3 N–H and O–H groups in total. The van der Waals surface area contributed by atoms with Gasteiger partial charge in [-0.25, -0.2) is 13.1 Å². The maximum Gasteiger partial charge on any atom is 0.322 e. The van der Waals surface area contributed by atoms with Gasteiger partial charge in [0.05, 0.1) is 12.0 Å². The fraction of sp³-hybridized carbons (Fsp3) is 0.417. The largest absolute Gasteiger partial charge is 0.468 e. The number of aryl methyl sites for hydroxylation is 1. The molecular weight excluding hydrogens is 268 g/mol. The number of hydrogen-bond acceptors (Lipinski definition) is 5. The minimum absolute atomic E-state index is 0.0759. The highest BCUT2D eigenvalue weighted by Gasteiger charge is 2.17. The number of nitrogens with one attached hydrogen (secondary N) is 1. The van der Waals surface area contributed by atoms with Crippen molar-refractivity contribution in [3.05, 3.63) is 29.8 Å². The van der Waals surface area contributed by atoms with Gasteiger partial charge >= 0.3 is 5.97 Å². The lowest BCUT2D eigenvalue weighted by atomic mass is 10.2. The van der Waals surface area contributed by atoms with Crippen molar-refractivity contribution in [2.24, 2.45) is 5.73 Å². The predicted octanol–water partition coefficient (Wildman–Crippen LogP) is 0.164. The average Bonchev–Trinajstić information content (AvgIpc) is 2.37. The molecule has 0 aliphatic carbocycles. The van der Waals surface area contributed by atoms with E-state index in [4.69, 9.17) is 5.73 Å². The van der Waals surface area contributed by atoms with Crippen molar-refractivity contribution in [3.63, 3.8) is 0 Å². The third kappa shape index (κ3) is 4.62. The van der Waals surface area contributed by atoms with Crippen LogP contribution in [-0.4, -0.2) is 34.1 Å². The zero-order valence-electron chi connectivity index (χ0n) is 10.9. The minimum atomic E-state index is -3.56. The zero-order chi connectivity index (χ0) is 14.5. The van der Waals surface area contributed by atoms with E-state index in [2.05, 4.69) is 9.46 Å². The molecule has 0 bridgehead atoms. The fourth-order valence-corrected chi connectivity index (χ4v) is 2.47. The van der Waals surface area contributed by atoms with Crippen molar-refractivity contribution in [1.82, 2.24) is 4.72 Å². The topological polar surface area (TPSA) is 98.5 Å². The first-order valence-corrected chi connectivity index (χ1v) is 7.25. The van der Waals surface area contributed by atoms with Gasteiger partial charge < -0.3 is 10.5 Å². The maximum absolute atomic E-state index is 11.9. The highest BCUT2D eigenvalue weighted by molar-refractivity contribution is 7.89. The number of carbonyl (C=O) groups is 1. The summed E-state index contributed by atoms with van der Waals surface area (Å²) in [5.41, 5.74) is 6.48. The van der Waals surface area contributed by atoms with E-state index in [1.807, 2.05) is 6.92 Å². The summed E-state index contributed by atoms with van der Waals surface area (Å²) in [5.74, 6) is -0.561. The Hall–Kier alpha value is -1.44. The van der Waals surface area contributed by atoms with E-state index in [9.17, 15) is 13.2 Å². The Morgan fingerprint density at radius 2 is 1.95 bits per heavy atom. The number of rotatable bonds is 6. The van der Waals surface area contributed by atoms with E-state index in [1.54, 1.807) is 12.1 Å². The molecule has 19 heavy (non-hydrogen) atoms. The van der Waals surface area contributed by atoms with Crippen molar-refractivity contribution >= 4 is 16.0 Å². The Labute approximate surface area is 113 Å². The molecule has 0 amide bonds. The van der Waals surface area contributed by atoms with Gasteiger partial charge in [0.25, 0.3) is 0 Å². The van der Waals surface area contributed by atoms with Gasteiger partial charge in [-0.3, -0.25) is 4.79 Å². The number of methoxy groups -OCH3 is 1. The summed E-state index contributed by atoms with van der Waals surface area (Å²) in [4.78, 5) is 11.2. The SMILES string of the molecule is COC(=O)[C@H](N)CCNS(=O)(=O)c1ccc(C)cc1. The molecule has 0 fully saturated rings. The second kappa shape index (κ2) is 6.65. The molecular formula is C12H18N2O4S. The Balaban J connectivity index is 2.57. The summed E-state index contributed by atoms with van der Waals surface area (Å²) >= 11 is 0. The third-order valence-electron chi connectivity index (χ3n) is 2.58. The van der Waals surface area contributed by atoms with Crippen LogP contribution in [0.2, 0.25) is 0 Å². The van der Waals surface area contributed by atoms with Gasteiger partial charge in [0.15, 0.2) is 0 Å². The van der Waals surface area contributed by atoms with Gasteiger partial charge in [-0.05, 0) is 25.5 Å². The lowest BCUT2D eigenvalue weighted by molar-refractivity contribution is -0.142. The molecule has 0 spiro atoms. The Bertz CT molecular complexity index is 525. The molecule has 0 heterocycles. The Kier molecular flexibility index (Phi) is 5.46. The first-order valence-electron chi connectivity index (χ1n) is 5.76. The molecule has 0 saturated heterocycles. The molecule has 0 unspecified atom stereocenters.